The zero-order valence-electron chi connectivity index (χ0n) is 14.1. The summed E-state index contributed by atoms with van der Waals surface area (Å²) in [6.07, 6.45) is 13.8. The summed E-state index contributed by atoms with van der Waals surface area (Å²) in [5.74, 6) is 0.242. The van der Waals surface area contributed by atoms with E-state index in [2.05, 4.69) is 35.0 Å². The van der Waals surface area contributed by atoms with Crippen molar-refractivity contribution in [2.45, 2.75) is 62.9 Å². The Labute approximate surface area is 142 Å². The minimum atomic E-state index is -0.0244. The monoisotopic (exact) mass is 324 g/mol. The average molecular weight is 324 g/mol. The van der Waals surface area contributed by atoms with Crippen LogP contribution in [0.2, 0.25) is 0 Å². The fourth-order valence-corrected chi connectivity index (χ4v) is 4.89. The molecule has 2 aliphatic heterocycles. The van der Waals surface area contributed by atoms with Crippen LogP contribution in [0.4, 0.5) is 0 Å². The first-order valence-electron chi connectivity index (χ1n) is 9.02. The Balaban J connectivity index is 1.96. The number of carbonyl (C=O) groups is 2. The summed E-state index contributed by atoms with van der Waals surface area (Å²) in [6.45, 7) is 3.13. The molecule has 4 nitrogen and oxygen atoms in total. The van der Waals surface area contributed by atoms with Crippen molar-refractivity contribution >= 4 is 12.2 Å². The van der Waals surface area contributed by atoms with Crippen molar-refractivity contribution in [1.82, 2.24) is 9.88 Å². The summed E-state index contributed by atoms with van der Waals surface area (Å²) in [5.41, 5.74) is 3.33. The van der Waals surface area contributed by atoms with Crippen molar-refractivity contribution < 1.29 is 9.59 Å². The van der Waals surface area contributed by atoms with Gasteiger partial charge in [0.1, 0.15) is 0 Å². The molecule has 24 heavy (non-hydrogen) atoms. The molecule has 0 saturated heterocycles. The quantitative estimate of drug-likeness (QED) is 0.849. The maximum absolute atomic E-state index is 12.4. The van der Waals surface area contributed by atoms with Gasteiger partial charge in [0.15, 0.2) is 6.29 Å². The van der Waals surface area contributed by atoms with Crippen molar-refractivity contribution in [2.24, 2.45) is 0 Å². The fourth-order valence-electron chi connectivity index (χ4n) is 4.89. The van der Waals surface area contributed by atoms with Gasteiger partial charge in [-0.3, -0.25) is 9.59 Å². The summed E-state index contributed by atoms with van der Waals surface area (Å²) in [5, 5.41) is 3.18. The Hall–Kier alpha value is -2.10. The Morgan fingerprint density at radius 3 is 2.96 bits per heavy atom. The summed E-state index contributed by atoms with van der Waals surface area (Å²) in [4.78, 5) is 24.1. The van der Waals surface area contributed by atoms with Crippen LogP contribution in [0.1, 0.15) is 66.7 Å². The van der Waals surface area contributed by atoms with Crippen LogP contribution in [0.25, 0.3) is 0 Å². The van der Waals surface area contributed by atoms with Crippen LogP contribution in [-0.4, -0.2) is 22.8 Å². The first-order chi connectivity index (χ1) is 11.7. The van der Waals surface area contributed by atoms with E-state index in [4.69, 9.17) is 0 Å². The Morgan fingerprint density at radius 1 is 1.33 bits per heavy atom. The molecule has 3 atom stereocenters. The van der Waals surface area contributed by atoms with Crippen LogP contribution in [-0.2, 0) is 16.8 Å². The molecule has 0 radical (unpaired) electrons. The number of fused-ring (bicyclic) bond motifs is 2. The average Bonchev–Trinajstić information content (AvgIpc) is 3.01. The topological polar surface area (TPSA) is 51.1 Å². The van der Waals surface area contributed by atoms with Gasteiger partial charge in [-0.05, 0) is 37.3 Å². The Bertz CT molecular complexity index is 743. The van der Waals surface area contributed by atoms with Crippen LogP contribution in [0.3, 0.4) is 0 Å². The van der Waals surface area contributed by atoms with Crippen LogP contribution < -0.4 is 5.32 Å². The molecule has 0 bridgehead atoms. The van der Waals surface area contributed by atoms with E-state index < -0.39 is 0 Å². The lowest BCUT2D eigenvalue weighted by atomic mass is 9.69. The standard InChI is InChI=1S/C20H24N2O2/c1-2-20-9-5-11-22-14(13-23)12-16(19(20)22)15-6-3-4-7-17(15)21-18(24)8-10-20/h3-4,6-7,12-13,15,17H,2,5,8-11H2,1H3,(H,21,24)/t15?,17?,20-/m1/s1. The smallest absolute Gasteiger partial charge is 0.220 e. The van der Waals surface area contributed by atoms with Crippen LogP contribution in [0.15, 0.2) is 30.4 Å². The number of allylic oxidation sites excluding steroid dienone is 2. The van der Waals surface area contributed by atoms with Gasteiger partial charge in [-0.15, -0.1) is 0 Å². The molecule has 4 rings (SSSR count). The number of hydrogen-bond acceptors (Lipinski definition) is 2. The van der Waals surface area contributed by atoms with E-state index in [1.165, 1.54) is 11.3 Å². The molecule has 0 spiro atoms. The Kier molecular flexibility index (Phi) is 3.70. The second-order valence-corrected chi connectivity index (χ2v) is 7.27. The highest BCUT2D eigenvalue weighted by Crippen LogP contribution is 2.47. The van der Waals surface area contributed by atoms with E-state index >= 15 is 0 Å². The van der Waals surface area contributed by atoms with Crippen molar-refractivity contribution in [3.05, 3.63) is 47.3 Å². The predicted molar refractivity (Wildman–Crippen MR) is 93.2 cm³/mol. The summed E-state index contributed by atoms with van der Waals surface area (Å²) in [6, 6.07) is 2.04. The predicted octanol–water partition coefficient (Wildman–Crippen LogP) is 3.23. The number of hydrogen-bond donors (Lipinski definition) is 1. The minimum absolute atomic E-state index is 0.00999. The number of aldehydes is 1. The number of nitrogens with zero attached hydrogens (tertiary/aromatic N) is 1. The first kappa shape index (κ1) is 15.4. The second-order valence-electron chi connectivity index (χ2n) is 7.27. The van der Waals surface area contributed by atoms with E-state index in [0.29, 0.717) is 6.42 Å². The number of aromatic nitrogens is 1. The molecule has 1 aliphatic carbocycles. The molecule has 1 aromatic rings. The number of carbonyl (C=O) groups excluding carboxylic acids is 2. The van der Waals surface area contributed by atoms with E-state index in [-0.39, 0.29) is 23.3 Å². The summed E-state index contributed by atoms with van der Waals surface area (Å²) >= 11 is 0. The lowest BCUT2D eigenvalue weighted by molar-refractivity contribution is -0.122. The van der Waals surface area contributed by atoms with Gasteiger partial charge in [-0.2, -0.15) is 0 Å². The van der Waals surface area contributed by atoms with Crippen LogP contribution >= 0.6 is 0 Å². The molecule has 1 aromatic heterocycles. The SMILES string of the molecule is CC[C@]12CCCn3c(C=O)cc(c31)C1C=CC=CC1NC(=O)CC2. The van der Waals surface area contributed by atoms with Crippen LogP contribution in [0.5, 0.6) is 0 Å². The molecule has 0 fully saturated rings. The molecule has 126 valence electrons. The number of rotatable bonds is 2. The van der Waals surface area contributed by atoms with Gasteiger partial charge in [0.2, 0.25) is 5.91 Å². The summed E-state index contributed by atoms with van der Waals surface area (Å²) < 4.78 is 2.23. The van der Waals surface area contributed by atoms with Gasteiger partial charge >= 0.3 is 0 Å². The Morgan fingerprint density at radius 2 is 2.17 bits per heavy atom. The molecule has 1 N–H and O–H groups in total. The molecule has 1 amide bonds. The minimum Gasteiger partial charge on any atom is -0.349 e. The van der Waals surface area contributed by atoms with Crippen molar-refractivity contribution in [3.8, 4) is 0 Å². The highest BCUT2D eigenvalue weighted by atomic mass is 16.1. The molecule has 3 aliphatic rings. The number of nitrogens with one attached hydrogen (secondary N) is 1. The highest BCUT2D eigenvalue weighted by molar-refractivity contribution is 5.78. The second kappa shape index (κ2) is 5.76. The molecule has 4 heteroatoms. The molecular formula is C20H24N2O2. The van der Waals surface area contributed by atoms with Crippen molar-refractivity contribution in [2.75, 3.05) is 0 Å². The molecular weight excluding hydrogens is 300 g/mol. The van der Waals surface area contributed by atoms with E-state index in [1.54, 1.807) is 0 Å². The molecule has 0 aromatic carbocycles. The van der Waals surface area contributed by atoms with E-state index in [0.717, 1.165) is 44.2 Å². The molecule has 3 heterocycles. The van der Waals surface area contributed by atoms with E-state index in [9.17, 15) is 9.59 Å². The van der Waals surface area contributed by atoms with E-state index in [1.807, 2.05) is 12.2 Å². The normalized spacial score (nSPS) is 31.3. The number of amides is 1. The van der Waals surface area contributed by atoms with Crippen molar-refractivity contribution in [3.63, 3.8) is 0 Å². The third-order valence-electron chi connectivity index (χ3n) is 6.15. The molecule has 0 saturated carbocycles. The maximum Gasteiger partial charge on any atom is 0.220 e. The van der Waals surface area contributed by atoms with Gasteiger partial charge < -0.3 is 9.88 Å². The third-order valence-corrected chi connectivity index (χ3v) is 6.15. The lowest BCUT2D eigenvalue weighted by Crippen LogP contribution is -2.37. The maximum atomic E-state index is 12.4. The third kappa shape index (κ3) is 2.20. The zero-order chi connectivity index (χ0) is 16.7. The highest BCUT2D eigenvalue weighted by Gasteiger charge is 2.42. The largest absolute Gasteiger partial charge is 0.349 e. The van der Waals surface area contributed by atoms with Gasteiger partial charge in [0, 0.05) is 30.0 Å². The van der Waals surface area contributed by atoms with Crippen LogP contribution in [0, 0.1) is 0 Å². The first-order valence-corrected chi connectivity index (χ1v) is 9.02. The fraction of sp³-hybridized carbons (Fsp3) is 0.500. The van der Waals surface area contributed by atoms with Crippen molar-refractivity contribution in [1.29, 1.82) is 0 Å². The zero-order valence-corrected chi connectivity index (χ0v) is 14.1. The summed E-state index contributed by atoms with van der Waals surface area (Å²) in [7, 11) is 0. The van der Waals surface area contributed by atoms with Gasteiger partial charge in [-0.1, -0.05) is 31.2 Å². The lowest BCUT2D eigenvalue weighted by Gasteiger charge is -2.40. The van der Waals surface area contributed by atoms with Gasteiger partial charge in [0.25, 0.3) is 0 Å². The molecule has 2 unspecified atom stereocenters. The van der Waals surface area contributed by atoms with Gasteiger partial charge in [0.05, 0.1) is 11.7 Å². The van der Waals surface area contributed by atoms with Gasteiger partial charge in [-0.25, -0.2) is 0 Å².